The van der Waals surface area contributed by atoms with Crippen LogP contribution in [0, 0.1) is 5.41 Å². The molecule has 2 unspecified atom stereocenters. The first-order chi connectivity index (χ1) is 7.28. The summed E-state index contributed by atoms with van der Waals surface area (Å²) in [4.78, 5) is 14.2. The second kappa shape index (κ2) is 3.49. The first kappa shape index (κ1) is 12.0. The molecule has 2 fully saturated rings. The number of ether oxygens (including phenoxy) is 1. The van der Waals surface area contributed by atoms with Gasteiger partial charge in [-0.05, 0) is 20.3 Å². The first-order valence-corrected chi connectivity index (χ1v) is 6.25. The maximum Gasteiger partial charge on any atom is 0.322 e. The first-order valence-electron chi connectivity index (χ1n) is 6.25. The summed E-state index contributed by atoms with van der Waals surface area (Å²) in [5.74, 6) is -0.0206. The largest absolute Gasteiger partial charge is 0.461 e. The third-order valence-electron chi connectivity index (χ3n) is 4.22. The minimum atomic E-state index is -0.0215. The maximum atomic E-state index is 11.9. The molecule has 0 radical (unpaired) electrons. The SMILES string of the molecule is CBN1C2CC(OC2=O)C(C)(C)CC1(C)C. The third kappa shape index (κ3) is 1.67. The van der Waals surface area contributed by atoms with Crippen molar-refractivity contribution < 1.29 is 9.53 Å². The van der Waals surface area contributed by atoms with Crippen LogP contribution in [0.15, 0.2) is 0 Å². The van der Waals surface area contributed by atoms with E-state index in [1.165, 1.54) is 0 Å². The van der Waals surface area contributed by atoms with E-state index in [0.29, 0.717) is 0 Å². The number of esters is 1. The Morgan fingerprint density at radius 2 is 2.00 bits per heavy atom. The van der Waals surface area contributed by atoms with Crippen LogP contribution < -0.4 is 0 Å². The molecule has 4 heteroatoms. The van der Waals surface area contributed by atoms with Crippen LogP contribution in [0.3, 0.4) is 0 Å². The molecule has 2 aliphatic rings. The molecule has 0 aromatic rings. The zero-order chi connectivity index (χ0) is 12.1. The number of hydrogen-bond acceptors (Lipinski definition) is 3. The Morgan fingerprint density at radius 3 is 2.56 bits per heavy atom. The fraction of sp³-hybridized carbons (Fsp3) is 0.917. The van der Waals surface area contributed by atoms with Crippen molar-refractivity contribution in [1.82, 2.24) is 4.81 Å². The van der Waals surface area contributed by atoms with Crippen LogP contribution in [0.4, 0.5) is 0 Å². The van der Waals surface area contributed by atoms with Gasteiger partial charge in [0.05, 0.1) is 0 Å². The zero-order valence-corrected chi connectivity index (χ0v) is 11.0. The Labute approximate surface area is 98.8 Å². The lowest BCUT2D eigenvalue weighted by Crippen LogP contribution is -2.54. The van der Waals surface area contributed by atoms with E-state index in [2.05, 4.69) is 39.3 Å². The lowest BCUT2D eigenvalue weighted by molar-refractivity contribution is -0.152. The molecule has 0 aromatic carbocycles. The molecular formula is C12H22BNO2. The Bertz CT molecular complexity index is 314. The lowest BCUT2D eigenvalue weighted by atomic mass is 9.74. The third-order valence-corrected chi connectivity index (χ3v) is 4.22. The number of carbonyl (C=O) groups excluding carboxylic acids is 1. The zero-order valence-electron chi connectivity index (χ0n) is 11.0. The summed E-state index contributed by atoms with van der Waals surface area (Å²) in [5, 5.41) is 0. The van der Waals surface area contributed by atoms with Crippen molar-refractivity contribution >= 4 is 13.4 Å². The maximum absolute atomic E-state index is 11.9. The van der Waals surface area contributed by atoms with E-state index in [4.69, 9.17) is 4.74 Å². The molecular weight excluding hydrogens is 201 g/mol. The molecule has 2 aliphatic heterocycles. The number of rotatable bonds is 1. The highest BCUT2D eigenvalue weighted by molar-refractivity contribution is 6.31. The van der Waals surface area contributed by atoms with E-state index >= 15 is 0 Å². The number of carbonyl (C=O) groups is 1. The van der Waals surface area contributed by atoms with Gasteiger partial charge in [-0.25, -0.2) is 0 Å². The van der Waals surface area contributed by atoms with Gasteiger partial charge < -0.3 is 9.55 Å². The van der Waals surface area contributed by atoms with Crippen molar-refractivity contribution in [1.29, 1.82) is 0 Å². The summed E-state index contributed by atoms with van der Waals surface area (Å²) >= 11 is 0. The minimum Gasteiger partial charge on any atom is -0.461 e. The fourth-order valence-electron chi connectivity index (χ4n) is 3.70. The molecule has 90 valence electrons. The van der Waals surface area contributed by atoms with Gasteiger partial charge in [0.25, 0.3) is 0 Å². The standard InChI is InChI=1S/C12H22BNO2/c1-11(2)7-12(3,4)14(13-5)8-6-9(11)16-10(8)15/h8-9,13H,6-7H2,1-5H3. The number of nitrogens with zero attached hydrogens (tertiary/aromatic N) is 1. The van der Waals surface area contributed by atoms with Crippen LogP contribution in [-0.4, -0.2) is 35.9 Å². The van der Waals surface area contributed by atoms with Crippen molar-refractivity contribution in [3.8, 4) is 0 Å². The normalized spacial score (nSPS) is 36.7. The summed E-state index contributed by atoms with van der Waals surface area (Å²) in [6.07, 6.45) is 2.03. The molecule has 3 nitrogen and oxygen atoms in total. The molecule has 0 aliphatic carbocycles. The van der Waals surface area contributed by atoms with Crippen LogP contribution in [0.2, 0.25) is 6.82 Å². The molecule has 0 amide bonds. The van der Waals surface area contributed by atoms with E-state index in [9.17, 15) is 4.79 Å². The van der Waals surface area contributed by atoms with Gasteiger partial charge in [-0.3, -0.25) is 4.79 Å². The summed E-state index contributed by atoms with van der Waals surface area (Å²) < 4.78 is 5.53. The van der Waals surface area contributed by atoms with Crippen LogP contribution in [-0.2, 0) is 9.53 Å². The van der Waals surface area contributed by atoms with E-state index in [0.717, 1.165) is 20.3 Å². The molecule has 0 spiro atoms. The van der Waals surface area contributed by atoms with Crippen LogP contribution in [0.1, 0.15) is 40.5 Å². The smallest absolute Gasteiger partial charge is 0.322 e. The average molecular weight is 223 g/mol. The Morgan fingerprint density at radius 1 is 1.38 bits per heavy atom. The molecule has 2 saturated heterocycles. The fourth-order valence-corrected chi connectivity index (χ4v) is 3.70. The quantitative estimate of drug-likeness (QED) is 0.499. The van der Waals surface area contributed by atoms with Crippen molar-refractivity contribution in [2.75, 3.05) is 0 Å². The second-order valence-corrected chi connectivity index (χ2v) is 6.44. The van der Waals surface area contributed by atoms with E-state index < -0.39 is 0 Å². The van der Waals surface area contributed by atoms with Gasteiger partial charge in [0.2, 0.25) is 7.41 Å². The van der Waals surface area contributed by atoms with Crippen LogP contribution in [0.5, 0.6) is 0 Å². The van der Waals surface area contributed by atoms with Gasteiger partial charge in [-0.15, -0.1) is 0 Å². The van der Waals surface area contributed by atoms with Gasteiger partial charge in [0.15, 0.2) is 0 Å². The van der Waals surface area contributed by atoms with Crippen molar-refractivity contribution in [3.63, 3.8) is 0 Å². The van der Waals surface area contributed by atoms with Gasteiger partial charge in [-0.2, -0.15) is 0 Å². The Balaban J connectivity index is 2.39. The number of fused-ring (bicyclic) bond motifs is 2. The molecule has 2 atom stereocenters. The molecule has 0 saturated carbocycles. The van der Waals surface area contributed by atoms with E-state index in [1.54, 1.807) is 0 Å². The highest BCUT2D eigenvalue weighted by atomic mass is 16.6. The van der Waals surface area contributed by atoms with Crippen molar-refractivity contribution in [2.45, 2.75) is 65.0 Å². The summed E-state index contributed by atoms with van der Waals surface area (Å²) in [6.45, 7) is 11.0. The van der Waals surface area contributed by atoms with Crippen LogP contribution >= 0.6 is 0 Å². The van der Waals surface area contributed by atoms with Gasteiger partial charge in [-0.1, -0.05) is 20.7 Å². The van der Waals surface area contributed by atoms with E-state index in [-0.39, 0.29) is 29.1 Å². The molecule has 0 aromatic heterocycles. The van der Waals surface area contributed by atoms with Crippen LogP contribution in [0.25, 0.3) is 0 Å². The number of hydrogen-bond donors (Lipinski definition) is 0. The molecule has 0 N–H and O–H groups in total. The summed E-state index contributed by atoms with van der Waals surface area (Å²) in [5.41, 5.74) is 0.162. The summed E-state index contributed by atoms with van der Waals surface area (Å²) in [6, 6.07) is -0.0215. The summed E-state index contributed by atoms with van der Waals surface area (Å²) in [7, 11) is 0.912. The minimum absolute atomic E-state index is 0.0206. The molecule has 16 heavy (non-hydrogen) atoms. The Kier molecular flexibility index (Phi) is 2.61. The lowest BCUT2D eigenvalue weighted by Gasteiger charge is -2.44. The van der Waals surface area contributed by atoms with Crippen molar-refractivity contribution in [2.24, 2.45) is 5.41 Å². The molecule has 2 rings (SSSR count). The molecule has 2 bridgehead atoms. The second-order valence-electron chi connectivity index (χ2n) is 6.44. The van der Waals surface area contributed by atoms with Gasteiger partial charge in [0.1, 0.15) is 12.1 Å². The predicted molar refractivity (Wildman–Crippen MR) is 65.6 cm³/mol. The Hall–Kier alpha value is -0.505. The van der Waals surface area contributed by atoms with Gasteiger partial charge >= 0.3 is 5.97 Å². The van der Waals surface area contributed by atoms with E-state index in [1.807, 2.05) is 0 Å². The predicted octanol–water partition coefficient (Wildman–Crippen LogP) is 1.58. The monoisotopic (exact) mass is 223 g/mol. The topological polar surface area (TPSA) is 29.5 Å². The highest BCUT2D eigenvalue weighted by Crippen LogP contribution is 2.45. The highest BCUT2D eigenvalue weighted by Gasteiger charge is 2.53. The van der Waals surface area contributed by atoms with Gasteiger partial charge in [0, 0.05) is 17.4 Å². The van der Waals surface area contributed by atoms with Crippen molar-refractivity contribution in [3.05, 3.63) is 0 Å². The molecule has 2 heterocycles. The average Bonchev–Trinajstić information content (AvgIpc) is 2.44.